The van der Waals surface area contributed by atoms with E-state index in [0.717, 1.165) is 20.6 Å². The van der Waals surface area contributed by atoms with Crippen LogP contribution in [-0.2, 0) is 4.79 Å². The van der Waals surface area contributed by atoms with Crippen LogP contribution in [0.15, 0.2) is 69.9 Å². The van der Waals surface area contributed by atoms with Gasteiger partial charge >= 0.3 is 11.6 Å². The number of benzene rings is 2. The van der Waals surface area contributed by atoms with Crippen molar-refractivity contribution in [3.8, 4) is 5.75 Å². The Morgan fingerprint density at radius 1 is 1.12 bits per heavy atom. The molecule has 0 saturated heterocycles. The van der Waals surface area contributed by atoms with Crippen LogP contribution >= 0.6 is 11.3 Å². The largest absolute Gasteiger partial charge is 0.423 e. The highest BCUT2D eigenvalue weighted by Crippen LogP contribution is 2.23. The van der Waals surface area contributed by atoms with Gasteiger partial charge in [0.1, 0.15) is 16.3 Å². The van der Waals surface area contributed by atoms with E-state index in [1.807, 2.05) is 24.3 Å². The Bertz CT molecular complexity index is 1140. The number of nitrogens with zero attached hydrogens (tertiary/aromatic N) is 1. The molecule has 0 aliphatic rings. The Morgan fingerprint density at radius 2 is 1.96 bits per heavy atom. The number of para-hydroxylation sites is 1. The summed E-state index contributed by atoms with van der Waals surface area (Å²) in [5, 5.41) is 1.48. The third-order valence-electron chi connectivity index (χ3n) is 3.49. The van der Waals surface area contributed by atoms with E-state index in [0.29, 0.717) is 11.3 Å². The summed E-state index contributed by atoms with van der Waals surface area (Å²) < 4.78 is 11.4. The first-order chi connectivity index (χ1) is 12.2. The van der Waals surface area contributed by atoms with Crippen LogP contribution in [0.25, 0.3) is 27.3 Å². The molecule has 0 amide bonds. The second-order valence-electron chi connectivity index (χ2n) is 5.23. The zero-order valence-corrected chi connectivity index (χ0v) is 13.7. The number of rotatable bonds is 3. The molecule has 2 aromatic heterocycles. The molecule has 0 aliphatic heterocycles. The maximum atomic E-state index is 12.0. The van der Waals surface area contributed by atoms with E-state index in [2.05, 4.69) is 4.98 Å². The molecule has 4 aromatic rings. The van der Waals surface area contributed by atoms with Gasteiger partial charge in [-0.05, 0) is 36.4 Å². The minimum atomic E-state index is -0.531. The topological polar surface area (TPSA) is 69.4 Å². The highest BCUT2D eigenvalue weighted by Gasteiger charge is 2.05. The lowest BCUT2D eigenvalue weighted by Crippen LogP contribution is -2.03. The van der Waals surface area contributed by atoms with Gasteiger partial charge in [0.25, 0.3) is 0 Å². The van der Waals surface area contributed by atoms with Gasteiger partial charge in [-0.25, -0.2) is 14.6 Å². The standard InChI is InChI=1S/C19H11NO4S/c21-18(10-8-17-20-14-3-1-2-4-16(14)25-17)23-13-7-5-12-6-9-19(22)24-15(12)11-13/h1-11H/b10-8+. The molecule has 0 aliphatic carbocycles. The molecule has 0 unspecified atom stereocenters. The van der Waals surface area contributed by atoms with Crippen molar-refractivity contribution < 1.29 is 13.9 Å². The highest BCUT2D eigenvalue weighted by molar-refractivity contribution is 7.19. The van der Waals surface area contributed by atoms with Crippen molar-refractivity contribution in [1.29, 1.82) is 0 Å². The smallest absolute Gasteiger partial charge is 0.336 e. The summed E-state index contributed by atoms with van der Waals surface area (Å²) in [6.07, 6.45) is 2.94. The van der Waals surface area contributed by atoms with Crippen molar-refractivity contribution >= 4 is 44.6 Å². The van der Waals surface area contributed by atoms with Crippen LogP contribution in [0.4, 0.5) is 0 Å². The Hall–Kier alpha value is -3.25. The van der Waals surface area contributed by atoms with Gasteiger partial charge in [-0.1, -0.05) is 12.1 Å². The summed E-state index contributed by atoms with van der Waals surface area (Å²) in [5.41, 5.74) is 0.810. The minimum absolute atomic E-state index is 0.306. The van der Waals surface area contributed by atoms with Crippen molar-refractivity contribution in [2.45, 2.75) is 0 Å². The predicted molar refractivity (Wildman–Crippen MR) is 96.8 cm³/mol. The lowest BCUT2D eigenvalue weighted by atomic mass is 10.2. The van der Waals surface area contributed by atoms with Crippen LogP contribution in [0.1, 0.15) is 5.01 Å². The molecule has 5 nitrogen and oxygen atoms in total. The van der Waals surface area contributed by atoms with Crippen molar-refractivity contribution in [2.24, 2.45) is 0 Å². The fourth-order valence-electron chi connectivity index (χ4n) is 2.36. The van der Waals surface area contributed by atoms with Crippen molar-refractivity contribution in [2.75, 3.05) is 0 Å². The number of esters is 1. The number of carbonyl (C=O) groups excluding carboxylic acids is 1. The van der Waals surface area contributed by atoms with Crippen LogP contribution in [0.3, 0.4) is 0 Å². The molecular formula is C19H11NO4S. The normalized spacial score (nSPS) is 11.4. The van der Waals surface area contributed by atoms with E-state index in [1.54, 1.807) is 24.3 Å². The zero-order valence-electron chi connectivity index (χ0n) is 12.8. The molecule has 0 spiro atoms. The summed E-state index contributed by atoms with van der Waals surface area (Å²) in [4.78, 5) is 27.7. The van der Waals surface area contributed by atoms with E-state index < -0.39 is 11.6 Å². The van der Waals surface area contributed by atoms with Crippen LogP contribution in [0.2, 0.25) is 0 Å². The molecule has 4 rings (SSSR count). The van der Waals surface area contributed by atoms with Gasteiger partial charge in [-0.15, -0.1) is 11.3 Å². The molecule has 122 valence electrons. The minimum Gasteiger partial charge on any atom is -0.423 e. The second-order valence-corrected chi connectivity index (χ2v) is 6.29. The highest BCUT2D eigenvalue weighted by atomic mass is 32.1. The molecule has 0 atom stereocenters. The molecular weight excluding hydrogens is 338 g/mol. The van der Waals surface area contributed by atoms with Gasteiger partial charge in [0, 0.05) is 23.6 Å². The van der Waals surface area contributed by atoms with Gasteiger partial charge in [0.2, 0.25) is 0 Å². The molecule has 0 fully saturated rings. The molecule has 25 heavy (non-hydrogen) atoms. The maximum Gasteiger partial charge on any atom is 0.336 e. The van der Waals surface area contributed by atoms with Gasteiger partial charge in [-0.2, -0.15) is 0 Å². The number of fused-ring (bicyclic) bond motifs is 2. The quantitative estimate of drug-likeness (QED) is 0.242. The second kappa shape index (κ2) is 6.33. The fourth-order valence-corrected chi connectivity index (χ4v) is 3.23. The first-order valence-corrected chi connectivity index (χ1v) is 8.28. The number of hydrogen-bond donors (Lipinski definition) is 0. The molecule has 6 heteroatoms. The fraction of sp³-hybridized carbons (Fsp3) is 0. The van der Waals surface area contributed by atoms with Crippen LogP contribution < -0.4 is 10.4 Å². The van der Waals surface area contributed by atoms with E-state index in [-0.39, 0.29) is 0 Å². The number of thiazole rings is 1. The average Bonchev–Trinajstić information content (AvgIpc) is 3.02. The third kappa shape index (κ3) is 3.34. The van der Waals surface area contributed by atoms with Crippen LogP contribution in [-0.4, -0.2) is 11.0 Å². The summed E-state index contributed by atoms with van der Waals surface area (Å²) in [6.45, 7) is 0. The molecule has 0 bridgehead atoms. The van der Waals surface area contributed by atoms with E-state index >= 15 is 0 Å². The Morgan fingerprint density at radius 3 is 2.84 bits per heavy atom. The molecule has 2 aromatic carbocycles. The predicted octanol–water partition coefficient (Wildman–Crippen LogP) is 4.02. The molecule has 2 heterocycles. The average molecular weight is 349 g/mol. The lowest BCUT2D eigenvalue weighted by Gasteiger charge is -2.02. The monoisotopic (exact) mass is 349 g/mol. The van der Waals surface area contributed by atoms with Gasteiger partial charge in [0.15, 0.2) is 0 Å². The Kier molecular flexibility index (Phi) is 3.87. The molecule has 0 saturated carbocycles. The first-order valence-electron chi connectivity index (χ1n) is 7.47. The number of carbonyl (C=O) groups is 1. The lowest BCUT2D eigenvalue weighted by molar-refractivity contribution is -0.128. The molecule has 0 radical (unpaired) electrons. The Labute approximate surface area is 145 Å². The summed E-state index contributed by atoms with van der Waals surface area (Å²) in [7, 11) is 0. The van der Waals surface area contributed by atoms with Gasteiger partial charge in [0.05, 0.1) is 10.2 Å². The summed E-state index contributed by atoms with van der Waals surface area (Å²) in [6, 6.07) is 15.6. The number of ether oxygens (including phenoxy) is 1. The number of aromatic nitrogens is 1. The van der Waals surface area contributed by atoms with Crippen molar-refractivity contribution in [3.63, 3.8) is 0 Å². The Balaban J connectivity index is 1.52. The van der Waals surface area contributed by atoms with E-state index in [9.17, 15) is 9.59 Å². The summed E-state index contributed by atoms with van der Waals surface area (Å²) >= 11 is 1.49. The van der Waals surface area contributed by atoms with Gasteiger partial charge < -0.3 is 9.15 Å². The van der Waals surface area contributed by atoms with Crippen molar-refractivity contribution in [3.05, 3.63) is 76.1 Å². The first kappa shape index (κ1) is 15.3. The van der Waals surface area contributed by atoms with Crippen molar-refractivity contribution in [1.82, 2.24) is 4.98 Å². The van der Waals surface area contributed by atoms with E-state index in [4.69, 9.17) is 9.15 Å². The van der Waals surface area contributed by atoms with Crippen LogP contribution in [0, 0.1) is 0 Å². The maximum absolute atomic E-state index is 12.0. The van der Waals surface area contributed by atoms with E-state index in [1.165, 1.54) is 29.5 Å². The zero-order chi connectivity index (χ0) is 17.2. The number of hydrogen-bond acceptors (Lipinski definition) is 6. The summed E-state index contributed by atoms with van der Waals surface area (Å²) in [5.74, 6) is -0.224. The SMILES string of the molecule is O=C(/C=C/c1nc2ccccc2s1)Oc1ccc2ccc(=O)oc2c1. The third-order valence-corrected chi connectivity index (χ3v) is 4.49. The van der Waals surface area contributed by atoms with Gasteiger partial charge in [-0.3, -0.25) is 0 Å². The molecule has 0 N–H and O–H groups in total. The van der Waals surface area contributed by atoms with Crippen LogP contribution in [0.5, 0.6) is 5.75 Å².